The maximum atomic E-state index is 4.18. The number of rotatable bonds is 0. The lowest BCUT2D eigenvalue weighted by Crippen LogP contribution is -2.01. The van der Waals surface area contributed by atoms with Crippen LogP contribution in [0.3, 0.4) is 0 Å². The minimum absolute atomic E-state index is 0.810. The zero-order valence-corrected chi connectivity index (χ0v) is 75.8. The number of pyridine rings is 5. The molecule has 9 aromatic heterocycles. The highest BCUT2D eigenvalue weighted by Gasteiger charge is 2.07. The van der Waals surface area contributed by atoms with Crippen molar-refractivity contribution in [3.8, 4) is 0 Å². The van der Waals surface area contributed by atoms with Gasteiger partial charge in [-0.3, -0.25) is 24.9 Å². The molecule has 1 aliphatic rings. The second-order valence-corrected chi connectivity index (χ2v) is 17.7. The predicted molar refractivity (Wildman–Crippen MR) is 504 cm³/mol. The summed E-state index contributed by atoms with van der Waals surface area (Å²) in [5.41, 5.74) is 8.70. The molecule has 0 amide bonds. The van der Waals surface area contributed by atoms with E-state index >= 15 is 0 Å². The summed E-state index contributed by atoms with van der Waals surface area (Å²) in [4.78, 5) is 36.6. The fourth-order valence-electron chi connectivity index (χ4n) is 8.21. The maximum absolute atomic E-state index is 4.18. The van der Waals surface area contributed by atoms with Gasteiger partial charge in [0.15, 0.2) is 5.65 Å². The maximum Gasteiger partial charge on any atom is 0.159 e. The Bertz CT molecular complexity index is 3100. The van der Waals surface area contributed by atoms with Crippen LogP contribution in [0.1, 0.15) is 246 Å². The van der Waals surface area contributed by atoms with E-state index in [9.17, 15) is 0 Å². The smallest absolute Gasteiger partial charge is 0.159 e. The van der Waals surface area contributed by atoms with Gasteiger partial charge in [0.2, 0.25) is 0 Å². The molecule has 15 aromatic rings. The standard InChI is InChI=1S/C9H7N.C9H11N.C9H7N.5C8H6N2.16C2H6/c1-2-6-9-8(4-1)5-3-7-10-9;2*1-2-4-9-7-10-6-5-8(9)3-1;1-3-7-4-2-6-10-8(7)9-5-1;1-2-4-8-7(3-1)5-9-6-10-8;1-2-4-8-6-10-9-5-7(8)3-1;1-2-4-8-7(3-1)9-5-6-10-8;1-2-4-8-7(3-1)5-6-9-10-8;16*1-2/h1-7H;5-7H,1-4H2;1-7H;5*1-6H;16*1-2H3. The molecular weight excluding hydrogens is 1370 g/mol. The summed E-state index contributed by atoms with van der Waals surface area (Å²) in [6.07, 6.45) is 30.1. The molecule has 0 unspecified atom stereocenters. The molecular formula is C99H151N13. The summed E-state index contributed by atoms with van der Waals surface area (Å²) < 4.78 is 0. The van der Waals surface area contributed by atoms with Crippen molar-refractivity contribution in [2.24, 2.45) is 0 Å². The van der Waals surface area contributed by atoms with Crippen LogP contribution in [0.25, 0.3) is 76.3 Å². The van der Waals surface area contributed by atoms with Gasteiger partial charge in [0.05, 0.1) is 46.2 Å². The van der Waals surface area contributed by atoms with Crippen molar-refractivity contribution < 1.29 is 0 Å². The molecule has 13 nitrogen and oxygen atoms in total. The molecule has 0 fully saturated rings. The van der Waals surface area contributed by atoms with Gasteiger partial charge in [-0.05, 0) is 126 Å². The van der Waals surface area contributed by atoms with E-state index < -0.39 is 0 Å². The number of benzene rings is 6. The average Bonchev–Trinajstić information content (AvgIpc) is 0.951. The molecule has 0 atom stereocenters. The molecule has 0 radical (unpaired) electrons. The van der Waals surface area contributed by atoms with Gasteiger partial charge in [-0.1, -0.05) is 343 Å². The Balaban J connectivity index is -0.000000175. The quantitative estimate of drug-likeness (QED) is 0.141. The highest BCUT2D eigenvalue weighted by atomic mass is 15.1. The Hall–Kier alpha value is -10.8. The third-order valence-corrected chi connectivity index (χ3v) is 12.3. The van der Waals surface area contributed by atoms with Crippen molar-refractivity contribution in [2.45, 2.75) is 247 Å². The van der Waals surface area contributed by atoms with Crippen LogP contribution < -0.4 is 0 Å². The van der Waals surface area contributed by atoms with Crippen molar-refractivity contribution in [3.63, 3.8) is 0 Å². The Morgan fingerprint density at radius 1 is 0.188 bits per heavy atom. The van der Waals surface area contributed by atoms with Crippen LogP contribution in [0, 0.1) is 0 Å². The van der Waals surface area contributed by atoms with Gasteiger partial charge in [-0.15, -0.1) is 0 Å². The highest BCUT2D eigenvalue weighted by molar-refractivity contribution is 5.82. The number of hydrogen-bond donors (Lipinski definition) is 0. The monoisotopic (exact) mass is 1520 g/mol. The minimum atomic E-state index is 0.810. The lowest BCUT2D eigenvalue weighted by atomic mass is 9.94. The van der Waals surface area contributed by atoms with E-state index in [1.165, 1.54) is 53.0 Å². The van der Waals surface area contributed by atoms with Crippen LogP contribution in [0.4, 0.5) is 0 Å². The zero-order valence-electron chi connectivity index (χ0n) is 75.8. The first-order chi connectivity index (χ1) is 55.7. The van der Waals surface area contributed by atoms with Crippen LogP contribution in [0.2, 0.25) is 0 Å². The van der Waals surface area contributed by atoms with E-state index in [0.29, 0.717) is 0 Å². The van der Waals surface area contributed by atoms with E-state index in [4.69, 9.17) is 0 Å². The number of aryl methyl sites for hydroxylation is 2. The summed E-state index contributed by atoms with van der Waals surface area (Å²) in [7, 11) is 0. The molecule has 0 aliphatic heterocycles. The second-order valence-electron chi connectivity index (χ2n) is 17.7. The zero-order chi connectivity index (χ0) is 86.5. The summed E-state index contributed by atoms with van der Waals surface area (Å²) >= 11 is 0. The van der Waals surface area contributed by atoms with Crippen LogP contribution in [0.5, 0.6) is 0 Å². The number of hydrogen-bond acceptors (Lipinski definition) is 13. The third kappa shape index (κ3) is 53.9. The number of fused-ring (bicyclic) bond motifs is 8. The fraction of sp³-hybridized carbons (Fsp3) is 0.364. The second kappa shape index (κ2) is 96.3. The van der Waals surface area contributed by atoms with Crippen molar-refractivity contribution in [2.75, 3.05) is 0 Å². The Morgan fingerprint density at radius 3 is 0.920 bits per heavy atom. The van der Waals surface area contributed by atoms with Crippen molar-refractivity contribution in [1.29, 1.82) is 0 Å². The lowest BCUT2D eigenvalue weighted by molar-refractivity contribution is 0.682. The van der Waals surface area contributed by atoms with Gasteiger partial charge in [-0.25, -0.2) is 19.9 Å². The van der Waals surface area contributed by atoms with Crippen molar-refractivity contribution in [3.05, 3.63) is 298 Å². The fourth-order valence-corrected chi connectivity index (χ4v) is 8.21. The van der Waals surface area contributed by atoms with E-state index in [2.05, 4.69) is 95.6 Å². The summed E-state index contributed by atoms with van der Waals surface area (Å²) in [6, 6.07) is 65.8. The van der Waals surface area contributed by atoms with Crippen LogP contribution in [-0.2, 0) is 12.8 Å². The molecule has 0 saturated carbocycles. The van der Waals surface area contributed by atoms with Crippen molar-refractivity contribution >= 4 is 76.3 Å². The first kappa shape index (κ1) is 117. The molecule has 1 aliphatic carbocycles. The molecule has 112 heavy (non-hydrogen) atoms. The molecule has 9 heterocycles. The topological polar surface area (TPSA) is 168 Å². The molecule has 13 heteroatoms. The van der Waals surface area contributed by atoms with Gasteiger partial charge >= 0.3 is 0 Å². The van der Waals surface area contributed by atoms with Crippen LogP contribution >= 0.6 is 0 Å². The molecule has 0 saturated heterocycles. The van der Waals surface area contributed by atoms with Gasteiger partial charge < -0.3 is 0 Å². The third-order valence-electron chi connectivity index (χ3n) is 12.3. The highest BCUT2D eigenvalue weighted by Crippen LogP contribution is 2.19. The van der Waals surface area contributed by atoms with Gasteiger partial charge in [0.1, 0.15) is 6.33 Å². The summed E-state index contributed by atoms with van der Waals surface area (Å²) in [6.45, 7) is 64.0. The molecule has 612 valence electrons. The predicted octanol–water partition coefficient (Wildman–Crippen LogP) is 31.0. The molecule has 0 bridgehead atoms. The van der Waals surface area contributed by atoms with Gasteiger partial charge in [0, 0.05) is 94.3 Å². The van der Waals surface area contributed by atoms with Crippen molar-refractivity contribution in [1.82, 2.24) is 65.3 Å². The average molecular weight is 1520 g/mol. The Kier molecular flexibility index (Phi) is 101. The van der Waals surface area contributed by atoms with E-state index in [-0.39, 0.29) is 0 Å². The summed E-state index contributed by atoms with van der Waals surface area (Å²) in [5, 5.41) is 24.5. The number of nitrogens with zero attached hydrogens (tertiary/aromatic N) is 13. The van der Waals surface area contributed by atoms with E-state index in [1.54, 1.807) is 49.7 Å². The largest absolute Gasteiger partial charge is 0.264 e. The van der Waals surface area contributed by atoms with Crippen LogP contribution in [-0.4, -0.2) is 65.3 Å². The molecule has 0 N–H and O–H groups in total. The Morgan fingerprint density at radius 2 is 0.500 bits per heavy atom. The molecule has 0 spiro atoms. The minimum Gasteiger partial charge on any atom is -0.264 e. The Labute approximate surface area is 683 Å². The van der Waals surface area contributed by atoms with Gasteiger partial charge in [0.25, 0.3) is 0 Å². The normalized spacial score (nSPS) is 8.57. The van der Waals surface area contributed by atoms with E-state index in [1.807, 2.05) is 429 Å². The lowest BCUT2D eigenvalue weighted by Gasteiger charge is -2.13. The SMILES string of the molecule is CC.CC.CC.CC.CC.CC.CC.CC.CC.CC.CC.CC.CC.CC.CC.CC.c1cc2c(cn1)CCCC2.c1ccc2cnccc2c1.c1ccc2cnncc2c1.c1ccc2ncccc2c1.c1ccc2nccnc2c1.c1ccc2ncncc2c1.c1ccc2nnccc2c1.c1cnc2ncccc2c1. The van der Waals surface area contributed by atoms with Gasteiger partial charge in [-0.2, -0.15) is 20.4 Å². The first-order valence-electron chi connectivity index (χ1n) is 42.0. The molecule has 16 rings (SSSR count). The number of para-hydroxylation sites is 4. The van der Waals surface area contributed by atoms with Crippen LogP contribution in [0.15, 0.2) is 287 Å². The molecule has 6 aromatic carbocycles. The first-order valence-corrected chi connectivity index (χ1v) is 42.0. The summed E-state index contributed by atoms with van der Waals surface area (Å²) in [5.74, 6) is 0. The van der Waals surface area contributed by atoms with E-state index in [0.717, 1.165) is 60.2 Å². The number of aromatic nitrogens is 13.